The molecular weight excluding hydrogens is 271 g/mol. The highest BCUT2D eigenvalue weighted by Crippen LogP contribution is 2.19. The Bertz CT molecular complexity index is 644. The lowest BCUT2D eigenvalue weighted by atomic mass is 10.1. The summed E-state index contributed by atoms with van der Waals surface area (Å²) < 4.78 is 19.1. The number of aryl methyl sites for hydroxylation is 1. The molecule has 0 spiro atoms. The lowest BCUT2D eigenvalue weighted by Gasteiger charge is -2.09. The van der Waals surface area contributed by atoms with Gasteiger partial charge in [-0.05, 0) is 36.8 Å². The Kier molecular flexibility index (Phi) is 4.90. The van der Waals surface area contributed by atoms with Crippen molar-refractivity contribution in [2.24, 2.45) is 5.73 Å². The predicted molar refractivity (Wildman–Crippen MR) is 80.1 cm³/mol. The van der Waals surface area contributed by atoms with E-state index >= 15 is 0 Å². The van der Waals surface area contributed by atoms with E-state index in [0.29, 0.717) is 24.6 Å². The first-order chi connectivity index (χ1) is 10.1. The molecule has 110 valence electrons. The Balaban J connectivity index is 2.12. The fourth-order valence-electron chi connectivity index (χ4n) is 1.84. The van der Waals surface area contributed by atoms with Gasteiger partial charge in [-0.3, -0.25) is 4.79 Å². The molecule has 0 atom stereocenters. The number of amides is 1. The number of nitrogens with one attached hydrogen (secondary N) is 1. The van der Waals surface area contributed by atoms with Crippen LogP contribution in [0, 0.1) is 12.7 Å². The highest BCUT2D eigenvalue weighted by molar-refractivity contribution is 6.04. The molecule has 0 aromatic heterocycles. The monoisotopic (exact) mass is 288 g/mol. The molecule has 2 rings (SSSR count). The Labute approximate surface area is 122 Å². The van der Waals surface area contributed by atoms with Crippen LogP contribution in [0.2, 0.25) is 0 Å². The minimum atomic E-state index is -0.539. The topological polar surface area (TPSA) is 64.3 Å². The Morgan fingerprint density at radius 3 is 2.81 bits per heavy atom. The summed E-state index contributed by atoms with van der Waals surface area (Å²) in [5.41, 5.74) is 6.67. The fourth-order valence-corrected chi connectivity index (χ4v) is 1.84. The van der Waals surface area contributed by atoms with Crippen LogP contribution >= 0.6 is 0 Å². The van der Waals surface area contributed by atoms with Gasteiger partial charge in [-0.2, -0.15) is 0 Å². The van der Waals surface area contributed by atoms with Crippen molar-refractivity contribution >= 4 is 11.6 Å². The molecule has 3 N–H and O–H groups in total. The third-order valence-electron chi connectivity index (χ3n) is 2.85. The number of carbonyl (C=O) groups is 1. The molecule has 0 bridgehead atoms. The number of hydrogen-bond acceptors (Lipinski definition) is 3. The number of nitrogens with two attached hydrogens (primary N) is 1. The number of ether oxygens (including phenoxy) is 1. The van der Waals surface area contributed by atoms with Crippen molar-refractivity contribution in [1.82, 2.24) is 0 Å². The van der Waals surface area contributed by atoms with Crippen LogP contribution in [-0.2, 0) is 0 Å². The molecule has 4 nitrogen and oxygen atoms in total. The fraction of sp³-hybridized carbons (Fsp3) is 0.188. The molecule has 0 aliphatic heterocycles. The van der Waals surface area contributed by atoms with Gasteiger partial charge in [-0.15, -0.1) is 0 Å². The Morgan fingerprint density at radius 1 is 1.29 bits per heavy atom. The number of halogens is 1. The van der Waals surface area contributed by atoms with E-state index in [1.54, 1.807) is 37.3 Å². The molecule has 0 fully saturated rings. The molecule has 0 aliphatic rings. The van der Waals surface area contributed by atoms with E-state index in [2.05, 4.69) is 5.32 Å². The molecule has 2 aromatic rings. The van der Waals surface area contributed by atoms with Gasteiger partial charge in [0.25, 0.3) is 5.91 Å². The van der Waals surface area contributed by atoms with Crippen LogP contribution in [0.3, 0.4) is 0 Å². The van der Waals surface area contributed by atoms with Crippen LogP contribution < -0.4 is 15.8 Å². The second-order valence-electron chi connectivity index (χ2n) is 4.60. The molecule has 0 saturated carbocycles. The van der Waals surface area contributed by atoms with Crippen molar-refractivity contribution in [1.29, 1.82) is 0 Å². The third-order valence-corrected chi connectivity index (χ3v) is 2.85. The molecule has 1 amide bonds. The molecular formula is C16H17FN2O2. The molecule has 5 heteroatoms. The minimum Gasteiger partial charge on any atom is -0.492 e. The molecule has 0 aliphatic carbocycles. The quantitative estimate of drug-likeness (QED) is 0.889. The molecule has 0 radical (unpaired) electrons. The summed E-state index contributed by atoms with van der Waals surface area (Å²) in [7, 11) is 0. The standard InChI is InChI=1S/C16H17FN2O2/c1-11-5-6-14(15(17)9-11)16(20)19-12-3-2-4-13(10-12)21-8-7-18/h2-6,9-10H,7-8,18H2,1H3,(H,19,20). The third kappa shape index (κ3) is 4.03. The second kappa shape index (κ2) is 6.85. The summed E-state index contributed by atoms with van der Waals surface area (Å²) >= 11 is 0. The van der Waals surface area contributed by atoms with E-state index < -0.39 is 11.7 Å². The molecule has 21 heavy (non-hydrogen) atoms. The number of anilines is 1. The highest BCUT2D eigenvalue weighted by atomic mass is 19.1. The van der Waals surface area contributed by atoms with Gasteiger partial charge in [0, 0.05) is 18.3 Å². The van der Waals surface area contributed by atoms with Crippen LogP contribution in [0.25, 0.3) is 0 Å². The van der Waals surface area contributed by atoms with Gasteiger partial charge >= 0.3 is 0 Å². The van der Waals surface area contributed by atoms with E-state index in [9.17, 15) is 9.18 Å². The van der Waals surface area contributed by atoms with Crippen molar-refractivity contribution in [3.05, 3.63) is 59.4 Å². The zero-order valence-electron chi connectivity index (χ0n) is 11.7. The molecule has 2 aromatic carbocycles. The maximum atomic E-state index is 13.8. The van der Waals surface area contributed by atoms with Crippen molar-refractivity contribution in [3.63, 3.8) is 0 Å². The number of hydrogen-bond donors (Lipinski definition) is 2. The van der Waals surface area contributed by atoms with Gasteiger partial charge in [0.1, 0.15) is 18.2 Å². The Morgan fingerprint density at radius 2 is 2.10 bits per heavy atom. The van der Waals surface area contributed by atoms with Crippen LogP contribution in [0.15, 0.2) is 42.5 Å². The predicted octanol–water partition coefficient (Wildman–Crippen LogP) is 2.72. The zero-order chi connectivity index (χ0) is 15.2. The zero-order valence-corrected chi connectivity index (χ0v) is 11.7. The summed E-state index contributed by atoms with van der Waals surface area (Å²) in [6, 6.07) is 11.4. The summed E-state index contributed by atoms with van der Waals surface area (Å²) in [6.45, 7) is 2.57. The summed E-state index contributed by atoms with van der Waals surface area (Å²) in [5.74, 6) is -0.436. The van der Waals surface area contributed by atoms with Gasteiger partial charge in [-0.1, -0.05) is 12.1 Å². The van der Waals surface area contributed by atoms with Gasteiger partial charge in [-0.25, -0.2) is 4.39 Å². The Hall–Kier alpha value is -2.40. The lowest BCUT2D eigenvalue weighted by Crippen LogP contribution is -2.14. The van der Waals surface area contributed by atoms with Crippen molar-refractivity contribution in [2.75, 3.05) is 18.5 Å². The second-order valence-corrected chi connectivity index (χ2v) is 4.60. The SMILES string of the molecule is Cc1ccc(C(=O)Nc2cccc(OCCN)c2)c(F)c1. The maximum Gasteiger partial charge on any atom is 0.258 e. The summed E-state index contributed by atoms with van der Waals surface area (Å²) in [4.78, 5) is 12.1. The van der Waals surface area contributed by atoms with Crippen molar-refractivity contribution in [3.8, 4) is 5.75 Å². The van der Waals surface area contributed by atoms with E-state index in [4.69, 9.17) is 10.5 Å². The van der Waals surface area contributed by atoms with Crippen LogP contribution in [0.5, 0.6) is 5.75 Å². The maximum absolute atomic E-state index is 13.8. The smallest absolute Gasteiger partial charge is 0.258 e. The largest absolute Gasteiger partial charge is 0.492 e. The van der Waals surface area contributed by atoms with E-state index in [1.807, 2.05) is 0 Å². The lowest BCUT2D eigenvalue weighted by molar-refractivity contribution is 0.102. The van der Waals surface area contributed by atoms with Crippen molar-refractivity contribution < 1.29 is 13.9 Å². The summed E-state index contributed by atoms with van der Waals surface area (Å²) in [6.07, 6.45) is 0. The van der Waals surface area contributed by atoms with Gasteiger partial charge in [0.15, 0.2) is 0 Å². The van der Waals surface area contributed by atoms with E-state index in [0.717, 1.165) is 5.56 Å². The van der Waals surface area contributed by atoms with Crippen LogP contribution in [0.1, 0.15) is 15.9 Å². The normalized spacial score (nSPS) is 10.2. The first kappa shape index (κ1) is 15.0. The number of rotatable bonds is 5. The van der Waals surface area contributed by atoms with E-state index in [-0.39, 0.29) is 5.56 Å². The van der Waals surface area contributed by atoms with Crippen LogP contribution in [-0.4, -0.2) is 19.1 Å². The highest BCUT2D eigenvalue weighted by Gasteiger charge is 2.12. The van der Waals surface area contributed by atoms with Crippen molar-refractivity contribution in [2.45, 2.75) is 6.92 Å². The van der Waals surface area contributed by atoms with Crippen LogP contribution in [0.4, 0.5) is 10.1 Å². The van der Waals surface area contributed by atoms with Gasteiger partial charge in [0.2, 0.25) is 0 Å². The molecule has 0 saturated heterocycles. The number of benzene rings is 2. The first-order valence-corrected chi connectivity index (χ1v) is 6.60. The average Bonchev–Trinajstić information content (AvgIpc) is 2.45. The molecule has 0 heterocycles. The van der Waals surface area contributed by atoms with E-state index in [1.165, 1.54) is 12.1 Å². The first-order valence-electron chi connectivity index (χ1n) is 6.60. The van der Waals surface area contributed by atoms with Gasteiger partial charge in [0.05, 0.1) is 5.56 Å². The summed E-state index contributed by atoms with van der Waals surface area (Å²) in [5, 5.41) is 2.65. The molecule has 0 unspecified atom stereocenters. The number of carbonyl (C=O) groups excluding carboxylic acids is 1. The average molecular weight is 288 g/mol. The van der Waals surface area contributed by atoms with Gasteiger partial charge < -0.3 is 15.8 Å². The minimum absolute atomic E-state index is 0.00822.